The Balaban J connectivity index is 2.00. The maximum absolute atomic E-state index is 10.5. The van der Waals surface area contributed by atoms with Crippen molar-refractivity contribution >= 4 is 23.4 Å². The van der Waals surface area contributed by atoms with Crippen LogP contribution < -0.4 is 0 Å². The molecule has 1 N–H and O–H groups in total. The van der Waals surface area contributed by atoms with Gasteiger partial charge in [0.05, 0.1) is 0 Å². The van der Waals surface area contributed by atoms with Gasteiger partial charge in [-0.15, -0.1) is 11.3 Å². The van der Waals surface area contributed by atoms with Gasteiger partial charge in [-0.1, -0.05) is 12.8 Å². The quantitative estimate of drug-likeness (QED) is 0.850. The monoisotopic (exact) mass is 265 g/mol. The number of hydrogen-bond donors (Lipinski definition) is 1. The lowest BCUT2D eigenvalue weighted by Gasteiger charge is -2.19. The summed E-state index contributed by atoms with van der Waals surface area (Å²) < 4.78 is 0. The molecule has 2 rings (SSSR count). The molecule has 0 amide bonds. The molecule has 0 spiro atoms. The van der Waals surface area contributed by atoms with Gasteiger partial charge in [0.15, 0.2) is 0 Å². The minimum Gasteiger partial charge on any atom is -0.478 e. The Morgan fingerprint density at radius 2 is 2.06 bits per heavy atom. The summed E-state index contributed by atoms with van der Waals surface area (Å²) in [6, 6.07) is 2.00. The van der Waals surface area contributed by atoms with E-state index in [4.69, 9.17) is 5.11 Å². The van der Waals surface area contributed by atoms with Crippen LogP contribution in [0.3, 0.4) is 0 Å². The number of nitrogens with zero attached hydrogens (tertiary/aromatic N) is 1. The third-order valence-corrected chi connectivity index (χ3v) is 4.17. The van der Waals surface area contributed by atoms with Crippen LogP contribution in [-0.4, -0.2) is 29.1 Å². The summed E-state index contributed by atoms with van der Waals surface area (Å²) in [6.07, 6.45) is 8.16. The number of carboxylic acid groups (broad SMARTS) is 1. The van der Waals surface area contributed by atoms with Crippen molar-refractivity contribution < 1.29 is 9.90 Å². The number of carboxylic acids is 1. The van der Waals surface area contributed by atoms with Gasteiger partial charge in [-0.3, -0.25) is 4.90 Å². The highest BCUT2D eigenvalue weighted by Crippen LogP contribution is 2.22. The number of carbonyl (C=O) groups is 1. The zero-order chi connectivity index (χ0) is 12.8. The van der Waals surface area contributed by atoms with E-state index in [9.17, 15) is 4.79 Å². The first-order chi connectivity index (χ1) is 8.75. The van der Waals surface area contributed by atoms with Gasteiger partial charge in [0.25, 0.3) is 0 Å². The van der Waals surface area contributed by atoms with Crippen LogP contribution in [-0.2, 0) is 11.3 Å². The number of thiophene rings is 1. The molecule has 0 aromatic carbocycles. The summed E-state index contributed by atoms with van der Waals surface area (Å²) in [5.41, 5.74) is 1.05. The van der Waals surface area contributed by atoms with Gasteiger partial charge in [-0.25, -0.2) is 4.79 Å². The van der Waals surface area contributed by atoms with E-state index < -0.39 is 5.97 Å². The number of rotatable bonds is 4. The van der Waals surface area contributed by atoms with E-state index in [1.165, 1.54) is 49.7 Å². The average molecular weight is 265 g/mol. The van der Waals surface area contributed by atoms with E-state index >= 15 is 0 Å². The maximum atomic E-state index is 10.5. The molecule has 1 fully saturated rings. The average Bonchev–Trinajstić information content (AvgIpc) is 2.60. The first-order valence-corrected chi connectivity index (χ1v) is 7.33. The molecule has 0 radical (unpaired) electrons. The highest BCUT2D eigenvalue weighted by Gasteiger charge is 2.11. The molecule has 1 aliphatic heterocycles. The molecule has 1 aliphatic rings. The lowest BCUT2D eigenvalue weighted by atomic mass is 10.2. The molecule has 1 aromatic heterocycles. The predicted molar refractivity (Wildman–Crippen MR) is 74.7 cm³/mol. The van der Waals surface area contributed by atoms with Crippen molar-refractivity contribution in [3.05, 3.63) is 28.0 Å². The highest BCUT2D eigenvalue weighted by molar-refractivity contribution is 7.10. The first-order valence-electron chi connectivity index (χ1n) is 6.45. The zero-order valence-electron chi connectivity index (χ0n) is 10.5. The lowest BCUT2D eigenvalue weighted by molar-refractivity contribution is -0.131. The number of hydrogen-bond acceptors (Lipinski definition) is 3. The molecule has 0 bridgehead atoms. The van der Waals surface area contributed by atoms with E-state index in [2.05, 4.69) is 4.90 Å². The first kappa shape index (κ1) is 13.3. The molecular weight excluding hydrogens is 246 g/mol. The maximum Gasteiger partial charge on any atom is 0.328 e. The van der Waals surface area contributed by atoms with Gasteiger partial charge in [0.2, 0.25) is 0 Å². The zero-order valence-corrected chi connectivity index (χ0v) is 11.3. The van der Waals surface area contributed by atoms with Crippen LogP contribution in [0.15, 0.2) is 17.5 Å². The van der Waals surface area contributed by atoms with Crippen LogP contribution in [0.4, 0.5) is 0 Å². The van der Waals surface area contributed by atoms with Crippen molar-refractivity contribution in [1.82, 2.24) is 4.90 Å². The summed E-state index contributed by atoms with van der Waals surface area (Å²) in [5, 5.41) is 10.7. The van der Waals surface area contributed by atoms with Crippen LogP contribution in [0.2, 0.25) is 0 Å². The van der Waals surface area contributed by atoms with E-state index in [1.54, 1.807) is 17.4 Å². The van der Waals surface area contributed by atoms with E-state index in [0.717, 1.165) is 12.1 Å². The Kier molecular flexibility index (Phi) is 4.96. The van der Waals surface area contributed by atoms with Crippen molar-refractivity contribution in [2.45, 2.75) is 32.2 Å². The SMILES string of the molecule is O=C(O)C=Cc1ccsc1CN1CCCCCC1. The second-order valence-electron chi connectivity index (χ2n) is 4.66. The number of likely N-dealkylation sites (tertiary alicyclic amines) is 1. The smallest absolute Gasteiger partial charge is 0.328 e. The summed E-state index contributed by atoms with van der Waals surface area (Å²) in [4.78, 5) is 14.3. The van der Waals surface area contributed by atoms with Crippen molar-refractivity contribution in [2.75, 3.05) is 13.1 Å². The molecule has 0 unspecified atom stereocenters. The van der Waals surface area contributed by atoms with Crippen LogP contribution >= 0.6 is 11.3 Å². The summed E-state index contributed by atoms with van der Waals surface area (Å²) in [5.74, 6) is -0.887. The second-order valence-corrected chi connectivity index (χ2v) is 5.66. The standard InChI is InChI=1S/C14H19NO2S/c16-14(17)6-5-12-7-10-18-13(12)11-15-8-3-1-2-4-9-15/h5-7,10H,1-4,8-9,11H2,(H,16,17). The minimum absolute atomic E-state index is 0.887. The molecule has 1 aromatic rings. The molecule has 18 heavy (non-hydrogen) atoms. The Bertz CT molecular complexity index is 417. The van der Waals surface area contributed by atoms with E-state index in [0.29, 0.717) is 0 Å². The van der Waals surface area contributed by atoms with Crippen LogP contribution in [0.5, 0.6) is 0 Å². The van der Waals surface area contributed by atoms with Crippen LogP contribution in [0, 0.1) is 0 Å². The normalized spacial score (nSPS) is 18.0. The Morgan fingerprint density at radius 3 is 2.72 bits per heavy atom. The summed E-state index contributed by atoms with van der Waals surface area (Å²) in [7, 11) is 0. The van der Waals surface area contributed by atoms with Gasteiger partial charge in [-0.2, -0.15) is 0 Å². The third kappa shape index (κ3) is 3.96. The summed E-state index contributed by atoms with van der Waals surface area (Å²) in [6.45, 7) is 3.29. The van der Waals surface area contributed by atoms with Gasteiger partial charge >= 0.3 is 5.97 Å². The molecule has 0 atom stereocenters. The summed E-state index contributed by atoms with van der Waals surface area (Å²) >= 11 is 1.72. The molecule has 1 saturated heterocycles. The molecule has 0 aliphatic carbocycles. The van der Waals surface area contributed by atoms with Crippen molar-refractivity contribution in [2.24, 2.45) is 0 Å². The van der Waals surface area contributed by atoms with Gasteiger partial charge in [0, 0.05) is 17.5 Å². The molecule has 0 saturated carbocycles. The molecule has 3 nitrogen and oxygen atoms in total. The molecule has 4 heteroatoms. The fraction of sp³-hybridized carbons (Fsp3) is 0.500. The van der Waals surface area contributed by atoms with Gasteiger partial charge < -0.3 is 5.11 Å². The Labute approximate surface area is 112 Å². The molecular formula is C14H19NO2S. The fourth-order valence-electron chi connectivity index (χ4n) is 2.29. The lowest BCUT2D eigenvalue weighted by Crippen LogP contribution is -2.23. The van der Waals surface area contributed by atoms with Crippen molar-refractivity contribution in [3.63, 3.8) is 0 Å². The fourth-order valence-corrected chi connectivity index (χ4v) is 3.19. The van der Waals surface area contributed by atoms with Crippen LogP contribution in [0.1, 0.15) is 36.1 Å². The highest BCUT2D eigenvalue weighted by atomic mass is 32.1. The van der Waals surface area contributed by atoms with Gasteiger partial charge in [-0.05, 0) is 49.0 Å². The van der Waals surface area contributed by atoms with Crippen molar-refractivity contribution in [1.29, 1.82) is 0 Å². The Morgan fingerprint density at radius 1 is 1.33 bits per heavy atom. The van der Waals surface area contributed by atoms with E-state index in [1.807, 2.05) is 11.4 Å². The van der Waals surface area contributed by atoms with Crippen LogP contribution in [0.25, 0.3) is 6.08 Å². The van der Waals surface area contributed by atoms with E-state index in [-0.39, 0.29) is 0 Å². The topological polar surface area (TPSA) is 40.5 Å². The third-order valence-electron chi connectivity index (χ3n) is 3.25. The Hall–Kier alpha value is -1.13. The van der Waals surface area contributed by atoms with Crippen molar-refractivity contribution in [3.8, 4) is 0 Å². The predicted octanol–water partition coefficient (Wildman–Crippen LogP) is 3.22. The number of aliphatic carboxylic acids is 1. The molecule has 98 valence electrons. The van der Waals surface area contributed by atoms with Gasteiger partial charge in [0.1, 0.15) is 0 Å². The minimum atomic E-state index is -0.887. The molecule has 2 heterocycles. The largest absolute Gasteiger partial charge is 0.478 e. The second kappa shape index (κ2) is 6.71.